The van der Waals surface area contributed by atoms with Crippen molar-refractivity contribution in [3.8, 4) is 11.3 Å². The topological polar surface area (TPSA) is 56.5 Å². The third-order valence-corrected chi connectivity index (χ3v) is 3.55. The van der Waals surface area contributed by atoms with Gasteiger partial charge in [-0.15, -0.1) is 0 Å². The van der Waals surface area contributed by atoms with Gasteiger partial charge in [0.1, 0.15) is 17.1 Å². The molecule has 0 saturated carbocycles. The first kappa shape index (κ1) is 17.3. The van der Waals surface area contributed by atoms with Crippen molar-refractivity contribution in [2.24, 2.45) is 0 Å². The van der Waals surface area contributed by atoms with Crippen LogP contribution in [-0.2, 0) is 14.3 Å². The molecular weight excluding hydrogens is 339 g/mol. The quantitative estimate of drug-likeness (QED) is 0.336. The molecule has 0 spiro atoms. The van der Waals surface area contributed by atoms with Crippen LogP contribution in [0.15, 0.2) is 40.3 Å². The summed E-state index contributed by atoms with van der Waals surface area (Å²) in [7, 11) is 0. The fourth-order valence-electron chi connectivity index (χ4n) is 1.92. The molecule has 23 heavy (non-hydrogen) atoms. The fraction of sp³-hybridized carbons (Fsp3) is 0.176. The van der Waals surface area contributed by atoms with E-state index < -0.39 is 11.8 Å². The van der Waals surface area contributed by atoms with Crippen molar-refractivity contribution < 1.29 is 18.7 Å². The molecule has 0 atom stereocenters. The SMILES string of the molecule is CCOC(=O)/C(=C/c1ccc(-c2cc(Cl)ccc2Cl)o1)C(C)=O. The van der Waals surface area contributed by atoms with Crippen LogP contribution in [-0.4, -0.2) is 18.4 Å². The molecule has 0 N–H and O–H groups in total. The first-order valence-corrected chi connectivity index (χ1v) is 7.63. The molecule has 0 amide bonds. The van der Waals surface area contributed by atoms with Gasteiger partial charge in [0.2, 0.25) is 0 Å². The molecule has 0 aliphatic heterocycles. The lowest BCUT2D eigenvalue weighted by Gasteiger charge is -2.03. The highest BCUT2D eigenvalue weighted by Crippen LogP contribution is 2.32. The summed E-state index contributed by atoms with van der Waals surface area (Å²) in [6, 6.07) is 8.33. The van der Waals surface area contributed by atoms with Crippen molar-refractivity contribution in [3.05, 3.63) is 51.7 Å². The number of halogens is 2. The number of furan rings is 1. The van der Waals surface area contributed by atoms with Crippen LogP contribution in [0.25, 0.3) is 17.4 Å². The van der Waals surface area contributed by atoms with E-state index >= 15 is 0 Å². The van der Waals surface area contributed by atoms with Crippen LogP contribution < -0.4 is 0 Å². The highest BCUT2D eigenvalue weighted by atomic mass is 35.5. The Morgan fingerprint density at radius 1 is 1.22 bits per heavy atom. The van der Waals surface area contributed by atoms with Crippen LogP contribution in [0.3, 0.4) is 0 Å². The van der Waals surface area contributed by atoms with Crippen molar-refractivity contribution >= 4 is 41.0 Å². The first-order valence-electron chi connectivity index (χ1n) is 6.87. The maximum atomic E-state index is 11.8. The number of carbonyl (C=O) groups excluding carboxylic acids is 2. The molecule has 1 aromatic carbocycles. The molecule has 4 nitrogen and oxygen atoms in total. The van der Waals surface area contributed by atoms with Crippen LogP contribution in [0.1, 0.15) is 19.6 Å². The number of hydrogen-bond acceptors (Lipinski definition) is 4. The number of ether oxygens (including phenoxy) is 1. The van der Waals surface area contributed by atoms with E-state index in [1.54, 1.807) is 37.3 Å². The second-order valence-electron chi connectivity index (χ2n) is 4.66. The van der Waals surface area contributed by atoms with E-state index in [9.17, 15) is 9.59 Å². The Balaban J connectivity index is 2.37. The van der Waals surface area contributed by atoms with Crippen LogP contribution in [0.5, 0.6) is 0 Å². The summed E-state index contributed by atoms with van der Waals surface area (Å²) in [5, 5.41) is 1.00. The molecule has 1 heterocycles. The van der Waals surface area contributed by atoms with Gasteiger partial charge in [-0.3, -0.25) is 4.79 Å². The van der Waals surface area contributed by atoms with Gasteiger partial charge in [0.25, 0.3) is 0 Å². The Hall–Kier alpha value is -2.04. The van der Waals surface area contributed by atoms with E-state index in [4.69, 9.17) is 32.4 Å². The summed E-state index contributed by atoms with van der Waals surface area (Å²) in [6.45, 7) is 3.15. The average molecular weight is 353 g/mol. The molecule has 0 radical (unpaired) electrons. The molecule has 0 aliphatic rings. The van der Waals surface area contributed by atoms with Gasteiger partial charge in [-0.1, -0.05) is 23.2 Å². The van der Waals surface area contributed by atoms with Gasteiger partial charge in [-0.25, -0.2) is 4.79 Å². The van der Waals surface area contributed by atoms with Gasteiger partial charge in [0.05, 0.1) is 11.6 Å². The molecule has 1 aromatic heterocycles. The Kier molecular flexibility index (Phi) is 5.64. The van der Waals surface area contributed by atoms with Crippen molar-refractivity contribution in [1.82, 2.24) is 0 Å². The van der Waals surface area contributed by atoms with E-state index in [1.807, 2.05) is 0 Å². The molecule has 6 heteroatoms. The Morgan fingerprint density at radius 2 is 1.96 bits per heavy atom. The number of carbonyl (C=O) groups is 2. The standard InChI is InChI=1S/C17H14Cl2O4/c1-3-22-17(21)13(10(2)20)9-12-5-7-16(23-12)14-8-11(18)4-6-15(14)19/h4-9H,3H2,1-2H3/b13-9+. The van der Waals surface area contributed by atoms with Crippen molar-refractivity contribution in [2.45, 2.75) is 13.8 Å². The lowest BCUT2D eigenvalue weighted by Crippen LogP contribution is -2.13. The van der Waals surface area contributed by atoms with Gasteiger partial charge >= 0.3 is 5.97 Å². The molecule has 0 fully saturated rings. The van der Waals surface area contributed by atoms with Gasteiger partial charge < -0.3 is 9.15 Å². The highest BCUT2D eigenvalue weighted by Gasteiger charge is 2.17. The van der Waals surface area contributed by atoms with E-state index in [0.717, 1.165) is 0 Å². The maximum absolute atomic E-state index is 11.8. The Labute approximate surface area is 143 Å². The van der Waals surface area contributed by atoms with Crippen molar-refractivity contribution in [2.75, 3.05) is 6.61 Å². The Morgan fingerprint density at radius 3 is 2.61 bits per heavy atom. The lowest BCUT2D eigenvalue weighted by molar-refractivity contribution is -0.139. The first-order chi connectivity index (χ1) is 10.9. The molecule has 0 saturated heterocycles. The fourth-order valence-corrected chi connectivity index (χ4v) is 2.30. The predicted molar refractivity (Wildman–Crippen MR) is 89.5 cm³/mol. The molecule has 0 unspecified atom stereocenters. The number of esters is 1. The van der Waals surface area contributed by atoms with Crippen LogP contribution in [0.4, 0.5) is 0 Å². The molecule has 0 aliphatic carbocycles. The zero-order valence-corrected chi connectivity index (χ0v) is 14.1. The van der Waals surface area contributed by atoms with Gasteiger partial charge in [0, 0.05) is 10.6 Å². The highest BCUT2D eigenvalue weighted by molar-refractivity contribution is 6.35. The second kappa shape index (κ2) is 7.49. The van der Waals surface area contributed by atoms with Gasteiger partial charge in [-0.05, 0) is 50.3 Å². The smallest absolute Gasteiger partial charge is 0.341 e. The van der Waals surface area contributed by atoms with Gasteiger partial charge in [0.15, 0.2) is 5.78 Å². The van der Waals surface area contributed by atoms with Crippen LogP contribution in [0.2, 0.25) is 10.0 Å². The molecule has 2 aromatic rings. The minimum absolute atomic E-state index is 0.0788. The summed E-state index contributed by atoms with van der Waals surface area (Å²) in [5.74, 6) is -0.259. The monoisotopic (exact) mass is 352 g/mol. The number of ketones is 1. The van der Waals surface area contributed by atoms with Gasteiger partial charge in [-0.2, -0.15) is 0 Å². The molecule has 0 bridgehead atoms. The summed E-state index contributed by atoms with van der Waals surface area (Å²) >= 11 is 12.1. The summed E-state index contributed by atoms with van der Waals surface area (Å²) < 4.78 is 10.5. The summed E-state index contributed by atoms with van der Waals surface area (Å²) in [5.41, 5.74) is 0.546. The zero-order chi connectivity index (χ0) is 17.0. The summed E-state index contributed by atoms with van der Waals surface area (Å²) in [4.78, 5) is 23.4. The summed E-state index contributed by atoms with van der Waals surface area (Å²) in [6.07, 6.45) is 1.35. The van der Waals surface area contributed by atoms with Crippen molar-refractivity contribution in [1.29, 1.82) is 0 Å². The third kappa shape index (κ3) is 4.24. The number of benzene rings is 1. The van der Waals surface area contributed by atoms with E-state index in [-0.39, 0.29) is 12.2 Å². The number of hydrogen-bond donors (Lipinski definition) is 0. The van der Waals surface area contributed by atoms with E-state index in [2.05, 4.69) is 0 Å². The second-order valence-corrected chi connectivity index (χ2v) is 5.50. The predicted octanol–water partition coefficient (Wildman–Crippen LogP) is 4.79. The van der Waals surface area contributed by atoms with Crippen LogP contribution >= 0.6 is 23.2 Å². The Bertz CT molecular complexity index is 775. The average Bonchev–Trinajstić information content (AvgIpc) is 2.95. The van der Waals surface area contributed by atoms with Crippen molar-refractivity contribution in [3.63, 3.8) is 0 Å². The van der Waals surface area contributed by atoms with E-state index in [0.29, 0.717) is 27.1 Å². The lowest BCUT2D eigenvalue weighted by atomic mass is 10.1. The normalized spacial score (nSPS) is 11.4. The third-order valence-electron chi connectivity index (χ3n) is 2.98. The minimum atomic E-state index is -0.682. The number of Topliss-reactive ketones (excluding diaryl/α,β-unsaturated/α-hetero) is 1. The largest absolute Gasteiger partial charge is 0.462 e. The zero-order valence-electron chi connectivity index (χ0n) is 12.6. The van der Waals surface area contributed by atoms with E-state index in [1.165, 1.54) is 13.0 Å². The minimum Gasteiger partial charge on any atom is -0.462 e. The molecule has 120 valence electrons. The molecule has 2 rings (SSSR count). The maximum Gasteiger partial charge on any atom is 0.341 e. The number of rotatable bonds is 5. The van der Waals surface area contributed by atoms with Crippen LogP contribution in [0, 0.1) is 0 Å². The molecular formula is C17H14Cl2O4.